The largest absolute Gasteiger partial charge is 0.322 e. The Morgan fingerprint density at radius 1 is 0.917 bits per heavy atom. The molecule has 0 spiro atoms. The van der Waals surface area contributed by atoms with Gasteiger partial charge in [-0.1, -0.05) is 32.9 Å². The van der Waals surface area contributed by atoms with Crippen molar-refractivity contribution in [2.45, 2.75) is 31.1 Å². The van der Waals surface area contributed by atoms with Gasteiger partial charge in [0.05, 0.1) is 4.90 Å². The summed E-state index contributed by atoms with van der Waals surface area (Å²) in [5.74, 6) is -0.236. The van der Waals surface area contributed by atoms with Crippen LogP contribution in [0, 0.1) is 0 Å². The molecule has 0 atom stereocenters. The first-order valence-corrected chi connectivity index (χ1v) is 9.07. The Hall–Kier alpha value is -2.18. The molecule has 0 aromatic heterocycles. The van der Waals surface area contributed by atoms with E-state index in [0.717, 1.165) is 5.56 Å². The zero-order valence-corrected chi connectivity index (χ0v) is 15.1. The summed E-state index contributed by atoms with van der Waals surface area (Å²) in [6.07, 6.45) is 0. The molecule has 2 aromatic carbocycles. The van der Waals surface area contributed by atoms with Crippen molar-refractivity contribution >= 4 is 21.6 Å². The van der Waals surface area contributed by atoms with Crippen LogP contribution in [0.3, 0.4) is 0 Å². The maximum atomic E-state index is 12.3. The highest BCUT2D eigenvalue weighted by atomic mass is 32.2. The fourth-order valence-corrected chi connectivity index (χ4v) is 2.89. The highest BCUT2D eigenvalue weighted by molar-refractivity contribution is 7.89. The standard InChI is InChI=1S/C18H22N2O3S/c1-18(2,3)14-7-5-13(6-8-14)17(21)20-15-9-11-16(12-10-15)24(22,23)19-4/h5-12,19H,1-4H3,(H,20,21). The first-order chi connectivity index (χ1) is 11.1. The molecule has 0 unspecified atom stereocenters. The maximum absolute atomic E-state index is 12.3. The summed E-state index contributed by atoms with van der Waals surface area (Å²) in [5.41, 5.74) is 2.27. The average molecular weight is 346 g/mol. The third kappa shape index (κ3) is 4.21. The van der Waals surface area contributed by atoms with Crippen molar-refractivity contribution < 1.29 is 13.2 Å². The van der Waals surface area contributed by atoms with Crippen molar-refractivity contribution in [1.29, 1.82) is 0 Å². The van der Waals surface area contributed by atoms with Crippen molar-refractivity contribution in [1.82, 2.24) is 4.72 Å². The van der Waals surface area contributed by atoms with E-state index in [1.807, 2.05) is 12.1 Å². The van der Waals surface area contributed by atoms with E-state index in [1.165, 1.54) is 19.2 Å². The van der Waals surface area contributed by atoms with Crippen LogP contribution in [-0.2, 0) is 15.4 Å². The van der Waals surface area contributed by atoms with Crippen LogP contribution in [0.1, 0.15) is 36.7 Å². The lowest BCUT2D eigenvalue weighted by Gasteiger charge is -2.19. The number of nitrogens with one attached hydrogen (secondary N) is 2. The van der Waals surface area contributed by atoms with Gasteiger partial charge in [-0.25, -0.2) is 13.1 Å². The summed E-state index contributed by atoms with van der Waals surface area (Å²) >= 11 is 0. The van der Waals surface area contributed by atoms with E-state index >= 15 is 0 Å². The minimum absolute atomic E-state index is 0.0314. The van der Waals surface area contributed by atoms with E-state index in [4.69, 9.17) is 0 Å². The average Bonchev–Trinajstić information content (AvgIpc) is 2.54. The van der Waals surface area contributed by atoms with Gasteiger partial charge in [0.1, 0.15) is 0 Å². The molecule has 0 aliphatic carbocycles. The molecule has 1 amide bonds. The Kier molecular flexibility index (Phi) is 5.11. The number of hydrogen-bond donors (Lipinski definition) is 2. The van der Waals surface area contributed by atoms with E-state index in [-0.39, 0.29) is 16.2 Å². The Morgan fingerprint density at radius 2 is 1.46 bits per heavy atom. The van der Waals surface area contributed by atoms with Crippen molar-refractivity contribution in [2.24, 2.45) is 0 Å². The van der Waals surface area contributed by atoms with Gasteiger partial charge in [0.2, 0.25) is 10.0 Å². The van der Waals surface area contributed by atoms with E-state index in [2.05, 4.69) is 30.8 Å². The third-order valence-corrected chi connectivity index (χ3v) is 5.13. The maximum Gasteiger partial charge on any atom is 0.255 e. The quantitative estimate of drug-likeness (QED) is 0.893. The summed E-state index contributed by atoms with van der Waals surface area (Å²) in [6.45, 7) is 6.34. The number of carbonyl (C=O) groups is 1. The van der Waals surface area contributed by atoms with Gasteiger partial charge in [0.25, 0.3) is 5.91 Å². The van der Waals surface area contributed by atoms with Gasteiger partial charge in [-0.15, -0.1) is 0 Å². The first kappa shape index (κ1) is 18.2. The Bertz CT molecular complexity index is 818. The van der Waals surface area contributed by atoms with Crippen molar-refractivity contribution in [3.8, 4) is 0 Å². The molecule has 0 saturated heterocycles. The second-order valence-electron chi connectivity index (χ2n) is 6.51. The van der Waals surface area contributed by atoms with E-state index in [1.54, 1.807) is 24.3 Å². The molecule has 0 bridgehead atoms. The molecule has 0 aliphatic heterocycles. The predicted octanol–water partition coefficient (Wildman–Crippen LogP) is 3.14. The SMILES string of the molecule is CNS(=O)(=O)c1ccc(NC(=O)c2ccc(C(C)(C)C)cc2)cc1. The lowest BCUT2D eigenvalue weighted by Crippen LogP contribution is -2.18. The van der Waals surface area contributed by atoms with Crippen molar-refractivity contribution in [3.63, 3.8) is 0 Å². The topological polar surface area (TPSA) is 75.3 Å². The number of rotatable bonds is 4. The number of carbonyl (C=O) groups excluding carboxylic acids is 1. The molecule has 24 heavy (non-hydrogen) atoms. The Balaban J connectivity index is 2.12. The number of sulfonamides is 1. The molecule has 0 saturated carbocycles. The second-order valence-corrected chi connectivity index (χ2v) is 8.40. The third-order valence-electron chi connectivity index (χ3n) is 3.70. The van der Waals surface area contributed by atoms with Crippen LogP contribution in [0.5, 0.6) is 0 Å². The monoisotopic (exact) mass is 346 g/mol. The minimum atomic E-state index is -3.48. The van der Waals surface area contributed by atoms with Crippen LogP contribution in [0.2, 0.25) is 0 Å². The molecule has 2 N–H and O–H groups in total. The summed E-state index contributed by atoms with van der Waals surface area (Å²) in [6, 6.07) is 13.5. The number of amides is 1. The van der Waals surface area contributed by atoms with Crippen molar-refractivity contribution in [3.05, 3.63) is 59.7 Å². The van der Waals surface area contributed by atoms with E-state index in [0.29, 0.717) is 11.3 Å². The van der Waals surface area contributed by atoms with Gasteiger partial charge in [-0.05, 0) is 54.4 Å². The molecule has 0 aliphatic rings. The van der Waals surface area contributed by atoms with E-state index < -0.39 is 10.0 Å². The molecule has 128 valence electrons. The minimum Gasteiger partial charge on any atom is -0.322 e. The molecule has 0 fully saturated rings. The molecular weight excluding hydrogens is 324 g/mol. The molecule has 6 heteroatoms. The van der Waals surface area contributed by atoms with E-state index in [9.17, 15) is 13.2 Å². The number of hydrogen-bond acceptors (Lipinski definition) is 3. The highest BCUT2D eigenvalue weighted by Crippen LogP contribution is 2.22. The first-order valence-electron chi connectivity index (χ1n) is 7.59. The van der Waals surface area contributed by atoms with Gasteiger partial charge in [-0.3, -0.25) is 4.79 Å². The van der Waals surface area contributed by atoms with Gasteiger partial charge in [0.15, 0.2) is 0 Å². The van der Waals surface area contributed by atoms with Crippen LogP contribution >= 0.6 is 0 Å². The molecule has 0 heterocycles. The normalized spacial score (nSPS) is 12.0. The van der Waals surface area contributed by atoms with Crippen molar-refractivity contribution in [2.75, 3.05) is 12.4 Å². The summed E-state index contributed by atoms with van der Waals surface area (Å²) in [7, 11) is -2.12. The molecular formula is C18H22N2O3S. The number of benzene rings is 2. The molecule has 2 rings (SSSR count). The van der Waals surface area contributed by atoms with Crippen LogP contribution in [0.15, 0.2) is 53.4 Å². The number of anilines is 1. The molecule has 2 aromatic rings. The molecule has 0 radical (unpaired) electrons. The highest BCUT2D eigenvalue weighted by Gasteiger charge is 2.15. The zero-order valence-electron chi connectivity index (χ0n) is 14.3. The smallest absolute Gasteiger partial charge is 0.255 e. The molecule has 5 nitrogen and oxygen atoms in total. The predicted molar refractivity (Wildman–Crippen MR) is 95.8 cm³/mol. The Morgan fingerprint density at radius 3 is 1.92 bits per heavy atom. The van der Waals surface area contributed by atoms with Crippen LogP contribution in [0.4, 0.5) is 5.69 Å². The fourth-order valence-electron chi connectivity index (χ4n) is 2.16. The van der Waals surface area contributed by atoms with Gasteiger partial charge < -0.3 is 5.32 Å². The summed E-state index contributed by atoms with van der Waals surface area (Å²) in [5, 5.41) is 2.76. The Labute approximate surface area is 143 Å². The zero-order chi connectivity index (χ0) is 18.0. The lowest BCUT2D eigenvalue weighted by molar-refractivity contribution is 0.102. The van der Waals surface area contributed by atoms with Gasteiger partial charge >= 0.3 is 0 Å². The fraction of sp³-hybridized carbons (Fsp3) is 0.278. The second kappa shape index (κ2) is 6.75. The van der Waals surface area contributed by atoms with Gasteiger partial charge in [-0.2, -0.15) is 0 Å². The van der Waals surface area contributed by atoms with Crippen LogP contribution in [-0.4, -0.2) is 21.4 Å². The summed E-state index contributed by atoms with van der Waals surface area (Å²) < 4.78 is 25.6. The lowest BCUT2D eigenvalue weighted by atomic mass is 9.87. The van der Waals surface area contributed by atoms with Crippen LogP contribution in [0.25, 0.3) is 0 Å². The van der Waals surface area contributed by atoms with Gasteiger partial charge in [0, 0.05) is 11.3 Å². The summed E-state index contributed by atoms with van der Waals surface area (Å²) in [4.78, 5) is 12.4. The van der Waals surface area contributed by atoms with Crippen LogP contribution < -0.4 is 10.0 Å².